The molecular weight excluding hydrogens is 244 g/mol. The lowest BCUT2D eigenvalue weighted by Crippen LogP contribution is -2.15. The molecule has 2 N–H and O–H groups in total. The van der Waals surface area contributed by atoms with Crippen LogP contribution in [-0.4, -0.2) is 0 Å². The number of hydrogen-bond donors (Lipinski definition) is 1. The maximum absolute atomic E-state index is 13.7. The van der Waals surface area contributed by atoms with Crippen LogP contribution < -0.4 is 5.73 Å². The number of nitrogens with two attached hydrogens (primary N) is 1. The highest BCUT2D eigenvalue weighted by Gasteiger charge is 2.14. The monoisotopic (exact) mass is 261 g/mol. The van der Waals surface area contributed by atoms with E-state index < -0.39 is 17.7 Å². The van der Waals surface area contributed by atoms with Gasteiger partial charge in [0.15, 0.2) is 0 Å². The van der Waals surface area contributed by atoms with Gasteiger partial charge in [0.1, 0.15) is 11.6 Å². The predicted octanol–water partition coefficient (Wildman–Crippen LogP) is 3.82. The van der Waals surface area contributed by atoms with Crippen molar-refractivity contribution in [2.24, 2.45) is 5.73 Å². The highest BCUT2D eigenvalue weighted by atomic mass is 19.1. The molecule has 0 aliphatic heterocycles. The maximum Gasteiger partial charge on any atom is 0.130 e. The lowest BCUT2D eigenvalue weighted by atomic mass is 9.97. The Morgan fingerprint density at radius 2 is 1.63 bits per heavy atom. The van der Waals surface area contributed by atoms with E-state index in [1.165, 1.54) is 11.6 Å². The summed E-state index contributed by atoms with van der Waals surface area (Å²) in [6.07, 6.45) is 0.530. The Hall–Kier alpha value is -1.74. The van der Waals surface area contributed by atoms with E-state index >= 15 is 0 Å². The van der Waals surface area contributed by atoms with Crippen LogP contribution in [0.2, 0.25) is 0 Å². The zero-order valence-electron chi connectivity index (χ0n) is 11.1. The lowest BCUT2D eigenvalue weighted by molar-refractivity contribution is 0.550. The van der Waals surface area contributed by atoms with E-state index in [0.29, 0.717) is 17.5 Å². The molecule has 0 radical (unpaired) electrons. The van der Waals surface area contributed by atoms with Crippen LogP contribution >= 0.6 is 0 Å². The molecule has 0 spiro atoms. The molecule has 1 atom stereocenters. The minimum Gasteiger partial charge on any atom is -0.324 e. The molecule has 0 aliphatic carbocycles. The van der Waals surface area contributed by atoms with Crippen LogP contribution in [0.15, 0.2) is 36.4 Å². The van der Waals surface area contributed by atoms with Gasteiger partial charge in [-0.15, -0.1) is 0 Å². The van der Waals surface area contributed by atoms with Crippen molar-refractivity contribution in [2.75, 3.05) is 0 Å². The molecule has 100 valence electrons. The second-order valence-corrected chi connectivity index (χ2v) is 4.92. The van der Waals surface area contributed by atoms with Gasteiger partial charge in [-0.25, -0.2) is 8.78 Å². The molecule has 19 heavy (non-hydrogen) atoms. The van der Waals surface area contributed by atoms with Gasteiger partial charge in [-0.1, -0.05) is 29.8 Å². The Morgan fingerprint density at radius 1 is 1.00 bits per heavy atom. The van der Waals surface area contributed by atoms with E-state index in [0.717, 1.165) is 11.6 Å². The highest BCUT2D eigenvalue weighted by molar-refractivity contribution is 5.30. The summed E-state index contributed by atoms with van der Waals surface area (Å²) in [6.45, 7) is 3.61. The van der Waals surface area contributed by atoms with Crippen LogP contribution in [0.3, 0.4) is 0 Å². The Bertz CT molecular complexity index is 576. The molecule has 1 unspecified atom stereocenters. The zero-order valence-corrected chi connectivity index (χ0v) is 11.1. The van der Waals surface area contributed by atoms with Crippen molar-refractivity contribution in [3.63, 3.8) is 0 Å². The van der Waals surface area contributed by atoms with Crippen molar-refractivity contribution in [1.29, 1.82) is 0 Å². The molecule has 1 nitrogen and oxygen atoms in total. The first kappa shape index (κ1) is 13.7. The lowest BCUT2D eigenvalue weighted by Gasteiger charge is -2.14. The maximum atomic E-state index is 13.7. The Kier molecular flexibility index (Phi) is 3.96. The molecule has 2 aromatic carbocycles. The van der Waals surface area contributed by atoms with Crippen molar-refractivity contribution in [3.8, 4) is 0 Å². The molecule has 2 rings (SSSR count). The van der Waals surface area contributed by atoms with Gasteiger partial charge < -0.3 is 5.73 Å². The summed E-state index contributed by atoms with van der Waals surface area (Å²) < 4.78 is 26.9. The van der Waals surface area contributed by atoms with Gasteiger partial charge in [0, 0.05) is 17.7 Å². The van der Waals surface area contributed by atoms with E-state index in [4.69, 9.17) is 5.73 Å². The molecule has 0 saturated carbocycles. The van der Waals surface area contributed by atoms with Crippen LogP contribution in [0.1, 0.15) is 28.3 Å². The Morgan fingerprint density at radius 3 is 2.26 bits per heavy atom. The van der Waals surface area contributed by atoms with Gasteiger partial charge in [0.25, 0.3) is 0 Å². The molecule has 0 fully saturated rings. The van der Waals surface area contributed by atoms with E-state index in [1.807, 2.05) is 31.2 Å². The quantitative estimate of drug-likeness (QED) is 0.893. The summed E-state index contributed by atoms with van der Waals surface area (Å²) in [6, 6.07) is 9.86. The fraction of sp³-hybridized carbons (Fsp3) is 0.250. The largest absolute Gasteiger partial charge is 0.324 e. The average molecular weight is 261 g/mol. The molecule has 2 aromatic rings. The summed E-state index contributed by atoms with van der Waals surface area (Å²) in [5.74, 6) is -1.12. The predicted molar refractivity (Wildman–Crippen MR) is 72.9 cm³/mol. The molecular formula is C16H17F2N. The topological polar surface area (TPSA) is 26.0 Å². The van der Waals surface area contributed by atoms with Crippen molar-refractivity contribution in [2.45, 2.75) is 26.3 Å². The van der Waals surface area contributed by atoms with Crippen molar-refractivity contribution in [1.82, 2.24) is 0 Å². The third-order valence-electron chi connectivity index (χ3n) is 3.25. The summed E-state index contributed by atoms with van der Waals surface area (Å²) in [7, 11) is 0. The van der Waals surface area contributed by atoms with Crippen molar-refractivity contribution >= 4 is 0 Å². The first-order chi connectivity index (χ1) is 8.97. The smallest absolute Gasteiger partial charge is 0.130 e. The van der Waals surface area contributed by atoms with Crippen LogP contribution in [0.4, 0.5) is 8.78 Å². The molecule has 3 heteroatoms. The number of halogens is 2. The first-order valence-electron chi connectivity index (χ1n) is 6.24. The second-order valence-electron chi connectivity index (χ2n) is 4.92. The third kappa shape index (κ3) is 3.18. The Labute approximate surface area is 112 Å². The van der Waals surface area contributed by atoms with Crippen LogP contribution in [0.25, 0.3) is 0 Å². The average Bonchev–Trinajstić information content (AvgIpc) is 2.36. The zero-order chi connectivity index (χ0) is 14.0. The fourth-order valence-electron chi connectivity index (χ4n) is 2.05. The number of rotatable bonds is 3. The minimum absolute atomic E-state index is 0.361. The molecule has 0 bridgehead atoms. The number of benzene rings is 2. The highest BCUT2D eigenvalue weighted by Crippen LogP contribution is 2.22. The van der Waals surface area contributed by atoms with E-state index in [1.54, 1.807) is 6.92 Å². The van der Waals surface area contributed by atoms with Crippen LogP contribution in [0, 0.1) is 25.5 Å². The normalized spacial score (nSPS) is 12.5. The molecule has 0 aliphatic rings. The van der Waals surface area contributed by atoms with Gasteiger partial charge in [-0.3, -0.25) is 0 Å². The summed E-state index contributed by atoms with van der Waals surface area (Å²) in [5.41, 5.74) is 9.00. The molecule has 0 saturated heterocycles. The van der Waals surface area contributed by atoms with Crippen molar-refractivity contribution < 1.29 is 8.78 Å². The number of aryl methyl sites for hydroxylation is 2. The second kappa shape index (κ2) is 5.49. The molecule has 0 amide bonds. The summed E-state index contributed by atoms with van der Waals surface area (Å²) >= 11 is 0. The van der Waals surface area contributed by atoms with Gasteiger partial charge in [-0.05, 0) is 37.5 Å². The molecule has 0 heterocycles. The van der Waals surface area contributed by atoms with Gasteiger partial charge in [0.2, 0.25) is 0 Å². The van der Waals surface area contributed by atoms with Gasteiger partial charge >= 0.3 is 0 Å². The molecule has 0 aromatic heterocycles. The first-order valence-corrected chi connectivity index (χ1v) is 6.24. The van der Waals surface area contributed by atoms with Gasteiger partial charge in [0.05, 0.1) is 0 Å². The standard InChI is InChI=1S/C16H17F2N/c1-10-3-5-12(6-4-10)8-16(19)13-7-11(2)14(17)9-15(13)18/h3-7,9,16H,8,19H2,1-2H3. The fourth-order valence-corrected chi connectivity index (χ4v) is 2.05. The third-order valence-corrected chi connectivity index (χ3v) is 3.25. The van der Waals surface area contributed by atoms with Crippen molar-refractivity contribution in [3.05, 3.63) is 70.3 Å². The van der Waals surface area contributed by atoms with Crippen LogP contribution in [0.5, 0.6) is 0 Å². The Balaban J connectivity index is 2.22. The summed E-state index contributed by atoms with van der Waals surface area (Å²) in [5, 5.41) is 0. The van der Waals surface area contributed by atoms with E-state index in [2.05, 4.69) is 0 Å². The minimum atomic E-state index is -0.581. The summed E-state index contributed by atoms with van der Waals surface area (Å²) in [4.78, 5) is 0. The van der Waals surface area contributed by atoms with E-state index in [9.17, 15) is 8.78 Å². The van der Waals surface area contributed by atoms with Gasteiger partial charge in [-0.2, -0.15) is 0 Å². The van der Waals surface area contributed by atoms with E-state index in [-0.39, 0.29) is 0 Å². The SMILES string of the molecule is Cc1ccc(CC(N)c2cc(C)c(F)cc2F)cc1. The van der Waals surface area contributed by atoms with Crippen LogP contribution in [-0.2, 0) is 6.42 Å². The number of hydrogen-bond acceptors (Lipinski definition) is 1.